The standard InChI is InChI=1S/C20H20N4O4/c1-13(25)21-11-16-12-24(20(27)28-16)15-5-3-14(4-6-15)19(26)17-7-8-18-22(2)9-10-23(17)18/h3-10,16H,11-12H2,1-2H3,(H,21,25)/t16-/m0/s1. The number of fused-ring (bicyclic) bond motifs is 1. The molecule has 1 saturated heterocycles. The zero-order chi connectivity index (χ0) is 19.8. The zero-order valence-electron chi connectivity index (χ0n) is 15.6. The Bertz CT molecular complexity index is 1060. The van der Waals surface area contributed by atoms with Crippen molar-refractivity contribution >= 4 is 29.1 Å². The first-order valence-electron chi connectivity index (χ1n) is 8.94. The van der Waals surface area contributed by atoms with Gasteiger partial charge in [-0.3, -0.25) is 18.9 Å². The molecule has 1 aromatic carbocycles. The average molecular weight is 380 g/mol. The van der Waals surface area contributed by atoms with E-state index in [2.05, 4.69) is 5.32 Å². The Kier molecular flexibility index (Phi) is 4.38. The van der Waals surface area contributed by atoms with Gasteiger partial charge < -0.3 is 14.6 Å². The maximum Gasteiger partial charge on any atom is 0.414 e. The largest absolute Gasteiger partial charge is 0.442 e. The van der Waals surface area contributed by atoms with E-state index in [-0.39, 0.29) is 18.2 Å². The van der Waals surface area contributed by atoms with E-state index < -0.39 is 12.2 Å². The van der Waals surface area contributed by atoms with E-state index in [9.17, 15) is 14.4 Å². The van der Waals surface area contributed by atoms with Crippen molar-refractivity contribution in [1.82, 2.24) is 14.3 Å². The second-order valence-corrected chi connectivity index (χ2v) is 6.79. The van der Waals surface area contributed by atoms with Crippen LogP contribution >= 0.6 is 0 Å². The number of cyclic esters (lactones) is 1. The third-order valence-corrected chi connectivity index (χ3v) is 4.82. The number of amides is 2. The monoisotopic (exact) mass is 380 g/mol. The van der Waals surface area contributed by atoms with Crippen LogP contribution in [-0.4, -0.2) is 45.9 Å². The number of benzene rings is 1. The van der Waals surface area contributed by atoms with E-state index in [0.29, 0.717) is 23.5 Å². The molecule has 0 bridgehead atoms. The highest BCUT2D eigenvalue weighted by atomic mass is 16.6. The fourth-order valence-corrected chi connectivity index (χ4v) is 3.35. The lowest BCUT2D eigenvalue weighted by Crippen LogP contribution is -2.33. The number of carbonyl (C=O) groups excluding carboxylic acids is 3. The van der Waals surface area contributed by atoms with Crippen LogP contribution in [0.3, 0.4) is 0 Å². The Labute approximate surface area is 161 Å². The summed E-state index contributed by atoms with van der Waals surface area (Å²) in [7, 11) is 1.92. The topological polar surface area (TPSA) is 85.0 Å². The molecule has 3 heterocycles. The molecular formula is C20H20N4O4. The molecule has 28 heavy (non-hydrogen) atoms. The van der Waals surface area contributed by atoms with Gasteiger partial charge in [0.15, 0.2) is 0 Å². The molecule has 0 radical (unpaired) electrons. The molecular weight excluding hydrogens is 360 g/mol. The Balaban J connectivity index is 1.50. The smallest absolute Gasteiger partial charge is 0.414 e. The number of carbonyl (C=O) groups is 3. The number of aromatic nitrogens is 2. The van der Waals surface area contributed by atoms with Gasteiger partial charge in [-0.2, -0.15) is 0 Å². The van der Waals surface area contributed by atoms with Crippen LogP contribution in [0.2, 0.25) is 0 Å². The molecule has 0 unspecified atom stereocenters. The molecule has 1 fully saturated rings. The zero-order valence-corrected chi connectivity index (χ0v) is 15.6. The van der Waals surface area contributed by atoms with Crippen molar-refractivity contribution in [2.75, 3.05) is 18.0 Å². The Morgan fingerprint density at radius 3 is 2.61 bits per heavy atom. The normalized spacial score (nSPS) is 16.4. The van der Waals surface area contributed by atoms with Crippen molar-refractivity contribution < 1.29 is 19.1 Å². The highest BCUT2D eigenvalue weighted by Crippen LogP contribution is 2.23. The van der Waals surface area contributed by atoms with Crippen molar-refractivity contribution in [3.05, 3.63) is 60.0 Å². The summed E-state index contributed by atoms with van der Waals surface area (Å²) in [5, 5.41) is 2.64. The van der Waals surface area contributed by atoms with E-state index in [1.54, 1.807) is 30.3 Å². The number of ether oxygens (including phenoxy) is 1. The van der Waals surface area contributed by atoms with E-state index >= 15 is 0 Å². The van der Waals surface area contributed by atoms with E-state index in [4.69, 9.17) is 4.74 Å². The van der Waals surface area contributed by atoms with Crippen LogP contribution in [0.15, 0.2) is 48.8 Å². The summed E-state index contributed by atoms with van der Waals surface area (Å²) in [6, 6.07) is 10.6. The van der Waals surface area contributed by atoms with E-state index in [1.807, 2.05) is 34.5 Å². The third kappa shape index (κ3) is 3.13. The summed E-state index contributed by atoms with van der Waals surface area (Å²) in [6.07, 6.45) is 2.88. The minimum atomic E-state index is -0.466. The SMILES string of the molecule is CC(=O)NC[C@H]1CN(c2ccc(C(=O)c3ccc4n(C)ccn34)cc2)C(=O)O1. The lowest BCUT2D eigenvalue weighted by molar-refractivity contribution is -0.119. The molecule has 4 rings (SSSR count). The first-order chi connectivity index (χ1) is 13.4. The lowest BCUT2D eigenvalue weighted by Gasteiger charge is -2.13. The fourth-order valence-electron chi connectivity index (χ4n) is 3.35. The van der Waals surface area contributed by atoms with Crippen LogP contribution in [0.1, 0.15) is 23.0 Å². The van der Waals surface area contributed by atoms with Crippen molar-refractivity contribution in [2.45, 2.75) is 13.0 Å². The van der Waals surface area contributed by atoms with E-state index in [0.717, 1.165) is 5.65 Å². The maximum absolute atomic E-state index is 12.9. The molecule has 144 valence electrons. The lowest BCUT2D eigenvalue weighted by atomic mass is 10.1. The number of ketones is 1. The molecule has 1 N–H and O–H groups in total. The summed E-state index contributed by atoms with van der Waals surface area (Å²) in [6.45, 7) is 2.03. The van der Waals surface area contributed by atoms with Gasteiger partial charge in [-0.05, 0) is 36.4 Å². The molecule has 8 nitrogen and oxygen atoms in total. The van der Waals surface area contributed by atoms with Crippen molar-refractivity contribution in [2.24, 2.45) is 7.05 Å². The number of nitrogens with zero attached hydrogens (tertiary/aromatic N) is 3. The van der Waals surface area contributed by atoms with Gasteiger partial charge in [0.1, 0.15) is 11.8 Å². The predicted octanol–water partition coefficient (Wildman–Crippen LogP) is 1.97. The van der Waals surface area contributed by atoms with Gasteiger partial charge in [0, 0.05) is 37.6 Å². The Morgan fingerprint density at radius 2 is 1.89 bits per heavy atom. The van der Waals surface area contributed by atoms with Crippen LogP contribution in [0.5, 0.6) is 0 Å². The molecule has 8 heteroatoms. The van der Waals surface area contributed by atoms with Crippen LogP contribution in [0.25, 0.3) is 5.65 Å². The minimum absolute atomic E-state index is 0.0923. The molecule has 1 atom stereocenters. The van der Waals surface area contributed by atoms with E-state index in [1.165, 1.54) is 11.8 Å². The number of anilines is 1. The van der Waals surface area contributed by atoms with Crippen molar-refractivity contribution in [3.8, 4) is 0 Å². The summed E-state index contributed by atoms with van der Waals surface area (Å²) < 4.78 is 9.05. The van der Waals surface area contributed by atoms with Gasteiger partial charge in [0.25, 0.3) is 0 Å². The highest BCUT2D eigenvalue weighted by molar-refractivity contribution is 6.08. The second-order valence-electron chi connectivity index (χ2n) is 6.79. The molecule has 0 saturated carbocycles. The number of nitrogens with one attached hydrogen (secondary N) is 1. The maximum atomic E-state index is 12.9. The van der Waals surface area contributed by atoms with Gasteiger partial charge in [0.2, 0.25) is 11.7 Å². The Morgan fingerprint density at radius 1 is 1.14 bits per heavy atom. The van der Waals surface area contributed by atoms with Crippen molar-refractivity contribution in [3.63, 3.8) is 0 Å². The predicted molar refractivity (Wildman–Crippen MR) is 103 cm³/mol. The molecule has 0 spiro atoms. The average Bonchev–Trinajstić information content (AvgIpc) is 3.36. The summed E-state index contributed by atoms with van der Waals surface area (Å²) in [5.41, 5.74) is 2.70. The van der Waals surface area contributed by atoms with Crippen molar-refractivity contribution in [1.29, 1.82) is 0 Å². The van der Waals surface area contributed by atoms with Crippen LogP contribution in [0, 0.1) is 0 Å². The number of rotatable bonds is 5. The summed E-state index contributed by atoms with van der Waals surface area (Å²) in [5.74, 6) is -0.263. The number of hydrogen-bond acceptors (Lipinski definition) is 4. The molecule has 3 aromatic rings. The van der Waals surface area contributed by atoms with Gasteiger partial charge in [0.05, 0.1) is 18.8 Å². The van der Waals surface area contributed by atoms with Crippen LogP contribution < -0.4 is 10.2 Å². The number of imidazole rings is 1. The molecule has 0 aliphatic carbocycles. The first kappa shape index (κ1) is 17.8. The van der Waals surface area contributed by atoms with Crippen LogP contribution in [-0.2, 0) is 16.6 Å². The fraction of sp³-hybridized carbons (Fsp3) is 0.250. The Hall–Kier alpha value is -3.55. The molecule has 2 aromatic heterocycles. The molecule has 1 aliphatic rings. The van der Waals surface area contributed by atoms with Gasteiger partial charge in [-0.1, -0.05) is 0 Å². The molecule has 1 aliphatic heterocycles. The summed E-state index contributed by atoms with van der Waals surface area (Å²) >= 11 is 0. The van der Waals surface area contributed by atoms with Gasteiger partial charge in [-0.25, -0.2) is 4.79 Å². The second kappa shape index (κ2) is 6.88. The third-order valence-electron chi connectivity index (χ3n) is 4.82. The first-order valence-corrected chi connectivity index (χ1v) is 8.94. The van der Waals surface area contributed by atoms with Gasteiger partial charge >= 0.3 is 6.09 Å². The highest BCUT2D eigenvalue weighted by Gasteiger charge is 2.32. The number of aryl methyl sites for hydroxylation is 1. The molecule has 2 amide bonds. The summed E-state index contributed by atoms with van der Waals surface area (Å²) in [4.78, 5) is 37.5. The van der Waals surface area contributed by atoms with Crippen LogP contribution in [0.4, 0.5) is 10.5 Å². The quantitative estimate of drug-likeness (QED) is 0.686. The number of hydrogen-bond donors (Lipinski definition) is 1. The van der Waals surface area contributed by atoms with Gasteiger partial charge in [-0.15, -0.1) is 0 Å². The minimum Gasteiger partial charge on any atom is -0.442 e.